The molecule has 31 heavy (non-hydrogen) atoms. The van der Waals surface area contributed by atoms with E-state index in [1.54, 1.807) is 0 Å². The summed E-state index contributed by atoms with van der Waals surface area (Å²) < 4.78 is -0.804. The van der Waals surface area contributed by atoms with Crippen molar-refractivity contribution in [1.29, 1.82) is 0 Å². The Hall–Kier alpha value is -3.32. The Morgan fingerprint density at radius 3 is 1.94 bits per heavy atom. The molecule has 2 amide bonds. The molecule has 2 bridgehead atoms. The van der Waals surface area contributed by atoms with E-state index in [9.17, 15) is 19.7 Å². The number of alkyl halides is 1. The molecule has 4 aliphatic rings. The molecule has 1 saturated heterocycles. The van der Waals surface area contributed by atoms with Crippen LogP contribution in [0.15, 0.2) is 72.8 Å². The van der Waals surface area contributed by atoms with Crippen LogP contribution in [-0.4, -0.2) is 16.7 Å². The van der Waals surface area contributed by atoms with Gasteiger partial charge in [0, 0.05) is 18.1 Å². The van der Waals surface area contributed by atoms with Crippen molar-refractivity contribution in [1.82, 2.24) is 0 Å². The van der Waals surface area contributed by atoms with Crippen LogP contribution in [0.25, 0.3) is 0 Å². The van der Waals surface area contributed by atoms with Crippen molar-refractivity contribution < 1.29 is 14.5 Å². The van der Waals surface area contributed by atoms with Crippen molar-refractivity contribution in [2.24, 2.45) is 11.8 Å². The van der Waals surface area contributed by atoms with E-state index in [0.29, 0.717) is 5.69 Å². The number of imide groups is 1. The van der Waals surface area contributed by atoms with E-state index in [1.807, 2.05) is 48.5 Å². The maximum atomic E-state index is 13.7. The summed E-state index contributed by atoms with van der Waals surface area (Å²) in [4.78, 5) is 39.1. The van der Waals surface area contributed by atoms with Crippen LogP contribution in [0.1, 0.15) is 28.2 Å². The minimum atomic E-state index is -0.804. The first-order valence-electron chi connectivity index (χ1n) is 9.94. The van der Waals surface area contributed by atoms with E-state index in [1.165, 1.54) is 29.2 Å². The molecule has 0 spiro atoms. The standard InChI is InChI=1S/C24H15BrN2O4/c25-24-17-7-3-1-5-15(17)19(16-6-2-4-8-18(16)24)20-21(24)23(29)26(22(20)28)13-9-11-14(12-10-13)27(30)31/h1-12,19-21H/t19?,20-,21-,24?/m0/s1. The van der Waals surface area contributed by atoms with Gasteiger partial charge in [-0.2, -0.15) is 0 Å². The van der Waals surface area contributed by atoms with Crippen molar-refractivity contribution in [3.05, 3.63) is 105 Å². The average Bonchev–Trinajstić information content (AvgIpc) is 3.06. The Balaban J connectivity index is 1.55. The van der Waals surface area contributed by atoms with Gasteiger partial charge >= 0.3 is 0 Å². The molecular formula is C24H15BrN2O4. The van der Waals surface area contributed by atoms with Crippen LogP contribution < -0.4 is 4.90 Å². The quantitative estimate of drug-likeness (QED) is 0.237. The molecule has 7 heteroatoms. The Morgan fingerprint density at radius 1 is 0.839 bits per heavy atom. The monoisotopic (exact) mass is 474 g/mol. The number of nitro benzene ring substituents is 1. The normalized spacial score (nSPS) is 27.6. The van der Waals surface area contributed by atoms with Crippen molar-refractivity contribution >= 4 is 39.1 Å². The summed E-state index contributed by atoms with van der Waals surface area (Å²) in [5, 5.41) is 11.0. The number of nitro groups is 1. The smallest absolute Gasteiger partial charge is 0.269 e. The Labute approximate surface area is 185 Å². The number of non-ortho nitro benzene ring substituents is 1. The van der Waals surface area contributed by atoms with Gasteiger partial charge in [-0.25, -0.2) is 4.90 Å². The van der Waals surface area contributed by atoms with Gasteiger partial charge in [-0.15, -0.1) is 0 Å². The average molecular weight is 475 g/mol. The maximum absolute atomic E-state index is 13.7. The lowest BCUT2D eigenvalue weighted by Gasteiger charge is -2.51. The first-order valence-corrected chi connectivity index (χ1v) is 10.7. The number of hydrogen-bond donors (Lipinski definition) is 0. The molecule has 0 saturated carbocycles. The van der Waals surface area contributed by atoms with Gasteiger partial charge < -0.3 is 0 Å². The Bertz CT molecular complexity index is 1260. The van der Waals surface area contributed by atoms with E-state index >= 15 is 0 Å². The van der Waals surface area contributed by atoms with Crippen molar-refractivity contribution in [2.75, 3.05) is 4.90 Å². The molecule has 0 N–H and O–H groups in total. The lowest BCUT2D eigenvalue weighted by atomic mass is 9.55. The molecule has 0 unspecified atom stereocenters. The van der Waals surface area contributed by atoms with Crippen molar-refractivity contribution in [3.63, 3.8) is 0 Å². The molecule has 2 atom stereocenters. The molecule has 3 aliphatic carbocycles. The van der Waals surface area contributed by atoms with Gasteiger partial charge in [-0.3, -0.25) is 19.7 Å². The van der Waals surface area contributed by atoms with Crippen molar-refractivity contribution in [3.8, 4) is 0 Å². The van der Waals surface area contributed by atoms with Crippen molar-refractivity contribution in [2.45, 2.75) is 10.2 Å². The fourth-order valence-corrected chi connectivity index (χ4v) is 6.86. The van der Waals surface area contributed by atoms with Crippen LogP contribution in [0.5, 0.6) is 0 Å². The molecule has 3 aromatic carbocycles. The number of amides is 2. The van der Waals surface area contributed by atoms with E-state index in [-0.39, 0.29) is 23.4 Å². The minimum Gasteiger partial charge on any atom is -0.274 e. The molecule has 1 fully saturated rings. The molecule has 152 valence electrons. The second-order valence-electron chi connectivity index (χ2n) is 8.15. The topological polar surface area (TPSA) is 80.5 Å². The maximum Gasteiger partial charge on any atom is 0.269 e. The Morgan fingerprint density at radius 2 is 1.39 bits per heavy atom. The first kappa shape index (κ1) is 18.4. The summed E-state index contributed by atoms with van der Waals surface area (Å²) in [6.45, 7) is 0. The highest BCUT2D eigenvalue weighted by molar-refractivity contribution is 9.09. The molecule has 7 rings (SSSR count). The molecule has 0 radical (unpaired) electrons. The fourth-order valence-electron chi connectivity index (χ4n) is 5.66. The molecule has 1 heterocycles. The molecular weight excluding hydrogens is 460 g/mol. The molecule has 1 aliphatic heterocycles. The van der Waals surface area contributed by atoms with Crippen LogP contribution in [-0.2, 0) is 13.9 Å². The van der Waals surface area contributed by atoms with Gasteiger partial charge in [-0.1, -0.05) is 64.5 Å². The lowest BCUT2D eigenvalue weighted by Crippen LogP contribution is -2.50. The van der Waals surface area contributed by atoms with Gasteiger partial charge in [0.1, 0.15) is 0 Å². The summed E-state index contributed by atoms with van der Waals surface area (Å²) in [6, 6.07) is 21.5. The van der Waals surface area contributed by atoms with Gasteiger partial charge in [0.2, 0.25) is 11.8 Å². The number of benzene rings is 3. The fraction of sp³-hybridized carbons (Fsp3) is 0.167. The minimum absolute atomic E-state index is 0.0860. The number of hydrogen-bond acceptors (Lipinski definition) is 4. The van der Waals surface area contributed by atoms with Crippen LogP contribution in [0.3, 0.4) is 0 Å². The van der Waals surface area contributed by atoms with Crippen LogP contribution in [0, 0.1) is 22.0 Å². The lowest BCUT2D eigenvalue weighted by molar-refractivity contribution is -0.384. The predicted molar refractivity (Wildman–Crippen MR) is 117 cm³/mol. The number of rotatable bonds is 2. The zero-order valence-corrected chi connectivity index (χ0v) is 17.7. The number of carbonyl (C=O) groups is 2. The summed E-state index contributed by atoms with van der Waals surface area (Å²) in [5.74, 6) is -1.88. The van der Waals surface area contributed by atoms with Gasteiger partial charge in [0.25, 0.3) is 5.69 Å². The third kappa shape index (κ3) is 2.16. The number of nitrogens with zero attached hydrogens (tertiary/aromatic N) is 2. The predicted octanol–water partition coefficient (Wildman–Crippen LogP) is 4.50. The van der Waals surface area contributed by atoms with Gasteiger partial charge in [0.05, 0.1) is 26.8 Å². The number of halogens is 1. The second-order valence-corrected chi connectivity index (χ2v) is 9.40. The first-order chi connectivity index (χ1) is 14.9. The SMILES string of the molecule is O=C1[C@@H]2[C@@H](C(=O)N1c1ccc([N+](=O)[O-])cc1)C1c3ccccc3C2(Br)c2ccccc21. The summed E-state index contributed by atoms with van der Waals surface area (Å²) in [6.07, 6.45) is 0. The number of anilines is 1. The largest absolute Gasteiger partial charge is 0.274 e. The van der Waals surface area contributed by atoms with Crippen LogP contribution >= 0.6 is 15.9 Å². The molecule has 3 aromatic rings. The van der Waals surface area contributed by atoms with E-state index in [4.69, 9.17) is 0 Å². The zero-order valence-electron chi connectivity index (χ0n) is 16.1. The van der Waals surface area contributed by atoms with Gasteiger partial charge in [-0.05, 0) is 34.4 Å². The third-order valence-electron chi connectivity index (χ3n) is 6.83. The van der Waals surface area contributed by atoms with Gasteiger partial charge in [0.15, 0.2) is 0 Å². The van der Waals surface area contributed by atoms with Crippen LogP contribution in [0.2, 0.25) is 0 Å². The van der Waals surface area contributed by atoms with E-state index < -0.39 is 21.1 Å². The van der Waals surface area contributed by atoms with Crippen LogP contribution in [0.4, 0.5) is 11.4 Å². The Kier molecular flexibility index (Phi) is 3.63. The summed E-state index contributed by atoms with van der Waals surface area (Å²) in [7, 11) is 0. The van der Waals surface area contributed by atoms with E-state index in [0.717, 1.165) is 22.3 Å². The highest BCUT2D eigenvalue weighted by atomic mass is 79.9. The zero-order chi connectivity index (χ0) is 21.5. The summed E-state index contributed by atoms with van der Waals surface area (Å²) >= 11 is 3.95. The molecule has 6 nitrogen and oxygen atoms in total. The number of carbonyl (C=O) groups excluding carboxylic acids is 2. The highest BCUT2D eigenvalue weighted by Gasteiger charge is 2.67. The second kappa shape index (κ2) is 6.11. The summed E-state index contributed by atoms with van der Waals surface area (Å²) in [5.41, 5.74) is 4.44. The highest BCUT2D eigenvalue weighted by Crippen LogP contribution is 2.66. The molecule has 0 aromatic heterocycles. The van der Waals surface area contributed by atoms with E-state index in [2.05, 4.69) is 15.9 Å². The third-order valence-corrected chi connectivity index (χ3v) is 8.18.